The molecule has 1 aliphatic carbocycles. The van der Waals surface area contributed by atoms with Crippen LogP contribution >= 0.6 is 0 Å². The van der Waals surface area contributed by atoms with Crippen LogP contribution in [0.1, 0.15) is 50.7 Å². The van der Waals surface area contributed by atoms with Crippen LogP contribution in [0.5, 0.6) is 5.75 Å². The minimum absolute atomic E-state index is 0.0402. The van der Waals surface area contributed by atoms with E-state index in [-0.39, 0.29) is 12.0 Å². The Morgan fingerprint density at radius 1 is 1.25 bits per heavy atom. The normalized spacial score (nSPS) is 31.5. The molecule has 2 unspecified atom stereocenters. The van der Waals surface area contributed by atoms with E-state index >= 15 is 0 Å². The highest BCUT2D eigenvalue weighted by Crippen LogP contribution is 2.50. The van der Waals surface area contributed by atoms with Crippen molar-refractivity contribution < 1.29 is 15.0 Å². The molecule has 5 nitrogen and oxygen atoms in total. The second-order valence-electron chi connectivity index (χ2n) is 9.27. The van der Waals surface area contributed by atoms with Crippen molar-refractivity contribution in [2.45, 2.75) is 57.4 Å². The molecule has 2 saturated heterocycles. The van der Waals surface area contributed by atoms with Gasteiger partial charge in [0.2, 0.25) is 0 Å². The predicted octanol–water partition coefficient (Wildman–Crippen LogP) is 3.10. The Balaban J connectivity index is 1.69. The number of phenolic OH excluding ortho intramolecular Hbond substituents is 1. The Bertz CT molecular complexity index is 733. The van der Waals surface area contributed by atoms with Crippen molar-refractivity contribution in [2.24, 2.45) is 11.8 Å². The van der Waals surface area contributed by atoms with Crippen molar-refractivity contribution in [3.63, 3.8) is 0 Å². The van der Waals surface area contributed by atoms with E-state index in [2.05, 4.69) is 29.7 Å². The summed E-state index contributed by atoms with van der Waals surface area (Å²) in [6.45, 7) is 8.60. The average Bonchev–Trinajstić information content (AvgIpc) is 3.48. The quantitative estimate of drug-likeness (QED) is 0.787. The van der Waals surface area contributed by atoms with E-state index in [1.807, 2.05) is 6.07 Å². The van der Waals surface area contributed by atoms with Gasteiger partial charge < -0.3 is 10.2 Å². The number of rotatable bonds is 6. The first-order chi connectivity index (χ1) is 13.4. The van der Waals surface area contributed by atoms with Gasteiger partial charge in [0.25, 0.3) is 0 Å². The minimum atomic E-state index is -0.739. The second kappa shape index (κ2) is 7.68. The van der Waals surface area contributed by atoms with Crippen molar-refractivity contribution >= 4 is 5.97 Å². The number of carboxylic acid groups (broad SMARTS) is 1. The second-order valence-corrected chi connectivity index (χ2v) is 9.27. The fourth-order valence-electron chi connectivity index (χ4n) is 5.84. The number of aromatic hydroxyl groups is 1. The van der Waals surface area contributed by atoms with Gasteiger partial charge in [-0.3, -0.25) is 14.6 Å². The number of benzene rings is 1. The third-order valence-electron chi connectivity index (χ3n) is 7.60. The smallest absolute Gasteiger partial charge is 0.317 e. The molecule has 1 saturated carbocycles. The summed E-state index contributed by atoms with van der Waals surface area (Å²) in [5.74, 6) is 0.861. The Labute approximate surface area is 168 Å². The maximum Gasteiger partial charge on any atom is 0.317 e. The number of piperidine rings is 2. The molecule has 2 heterocycles. The molecule has 1 aromatic rings. The van der Waals surface area contributed by atoms with Crippen LogP contribution < -0.4 is 0 Å². The van der Waals surface area contributed by atoms with Crippen LogP contribution in [0.25, 0.3) is 0 Å². The standard InChI is InChI=1S/C23H34N2O3/c1-3-18-6-7-19(26)12-20(18)23-8-10-24(15-22(27)28)14-21(23)16(2)25(11-9-23)13-17-4-5-17/h6-7,12,16-17,21,26H,3-5,8-11,13-15H2,1-2H3,(H,27,28)/t16?,21?,23-/m0/s1. The molecule has 3 fully saturated rings. The van der Waals surface area contributed by atoms with Gasteiger partial charge in [-0.15, -0.1) is 0 Å². The Morgan fingerprint density at radius 3 is 2.68 bits per heavy atom. The van der Waals surface area contributed by atoms with Crippen LogP contribution in [0.3, 0.4) is 0 Å². The molecule has 28 heavy (non-hydrogen) atoms. The molecular weight excluding hydrogens is 352 g/mol. The summed E-state index contributed by atoms with van der Waals surface area (Å²) in [5.41, 5.74) is 2.68. The molecule has 2 N–H and O–H groups in total. The summed E-state index contributed by atoms with van der Waals surface area (Å²) in [6, 6.07) is 6.32. The molecule has 3 aliphatic rings. The number of likely N-dealkylation sites (tertiary alicyclic amines) is 2. The number of carboxylic acids is 1. The largest absolute Gasteiger partial charge is 0.508 e. The van der Waals surface area contributed by atoms with E-state index < -0.39 is 5.97 Å². The van der Waals surface area contributed by atoms with Crippen LogP contribution in [0, 0.1) is 11.8 Å². The summed E-state index contributed by atoms with van der Waals surface area (Å²) in [6.07, 6.45) is 5.76. The number of fused-ring (bicyclic) bond motifs is 1. The van der Waals surface area contributed by atoms with Crippen molar-refractivity contribution in [2.75, 3.05) is 32.7 Å². The Hall–Kier alpha value is -1.59. The summed E-state index contributed by atoms with van der Waals surface area (Å²) >= 11 is 0. The molecule has 3 atom stereocenters. The lowest BCUT2D eigenvalue weighted by molar-refractivity contribution is -0.139. The molecule has 2 aliphatic heterocycles. The van der Waals surface area contributed by atoms with Gasteiger partial charge in [-0.25, -0.2) is 0 Å². The predicted molar refractivity (Wildman–Crippen MR) is 110 cm³/mol. The summed E-state index contributed by atoms with van der Waals surface area (Å²) in [5, 5.41) is 19.6. The van der Waals surface area contributed by atoms with Crippen LogP contribution in [-0.4, -0.2) is 64.7 Å². The fourth-order valence-corrected chi connectivity index (χ4v) is 5.84. The van der Waals surface area contributed by atoms with E-state index in [1.54, 1.807) is 6.07 Å². The molecular formula is C23H34N2O3. The van der Waals surface area contributed by atoms with E-state index in [0.29, 0.717) is 17.7 Å². The monoisotopic (exact) mass is 386 g/mol. The number of phenols is 1. The molecule has 4 rings (SSSR count). The van der Waals surface area contributed by atoms with E-state index in [4.69, 9.17) is 0 Å². The molecule has 154 valence electrons. The summed E-state index contributed by atoms with van der Waals surface area (Å²) in [4.78, 5) is 16.1. The zero-order valence-corrected chi connectivity index (χ0v) is 17.2. The van der Waals surface area contributed by atoms with Gasteiger partial charge >= 0.3 is 5.97 Å². The van der Waals surface area contributed by atoms with E-state index in [9.17, 15) is 15.0 Å². The van der Waals surface area contributed by atoms with E-state index in [1.165, 1.54) is 30.5 Å². The highest BCUT2D eigenvalue weighted by Gasteiger charge is 2.51. The Kier molecular flexibility index (Phi) is 5.41. The molecule has 5 heteroatoms. The molecule has 0 amide bonds. The lowest BCUT2D eigenvalue weighted by atomic mass is 9.58. The van der Waals surface area contributed by atoms with Crippen LogP contribution in [-0.2, 0) is 16.6 Å². The maximum absolute atomic E-state index is 11.3. The number of nitrogens with zero attached hydrogens (tertiary/aromatic N) is 2. The number of hydrogen-bond acceptors (Lipinski definition) is 4. The zero-order valence-electron chi connectivity index (χ0n) is 17.2. The van der Waals surface area contributed by atoms with Gasteiger partial charge in [0.1, 0.15) is 5.75 Å². The van der Waals surface area contributed by atoms with E-state index in [0.717, 1.165) is 44.8 Å². The van der Waals surface area contributed by atoms with Gasteiger partial charge in [0.15, 0.2) is 0 Å². The van der Waals surface area contributed by atoms with Crippen molar-refractivity contribution in [3.05, 3.63) is 29.3 Å². The van der Waals surface area contributed by atoms with Crippen molar-refractivity contribution in [1.82, 2.24) is 9.80 Å². The zero-order chi connectivity index (χ0) is 19.9. The van der Waals surface area contributed by atoms with Gasteiger partial charge in [0, 0.05) is 24.5 Å². The number of carbonyl (C=O) groups is 1. The van der Waals surface area contributed by atoms with Crippen LogP contribution in [0.4, 0.5) is 0 Å². The maximum atomic E-state index is 11.3. The molecule has 0 radical (unpaired) electrons. The summed E-state index contributed by atoms with van der Waals surface area (Å²) < 4.78 is 0. The topological polar surface area (TPSA) is 64.0 Å². The first-order valence-corrected chi connectivity index (χ1v) is 10.9. The van der Waals surface area contributed by atoms with Crippen LogP contribution in [0.2, 0.25) is 0 Å². The molecule has 0 spiro atoms. The molecule has 0 bridgehead atoms. The van der Waals surface area contributed by atoms with Gasteiger partial charge in [0.05, 0.1) is 6.54 Å². The summed E-state index contributed by atoms with van der Waals surface area (Å²) in [7, 11) is 0. The van der Waals surface area contributed by atoms with Gasteiger partial charge in [-0.05, 0) is 87.2 Å². The van der Waals surface area contributed by atoms with Crippen molar-refractivity contribution in [1.29, 1.82) is 0 Å². The SMILES string of the molecule is CCc1ccc(O)cc1[C@@]12CCN(CC(=O)O)CC1C(C)N(CC1CC1)CC2. The van der Waals surface area contributed by atoms with Crippen LogP contribution in [0.15, 0.2) is 18.2 Å². The number of hydrogen-bond donors (Lipinski definition) is 2. The first-order valence-electron chi connectivity index (χ1n) is 10.9. The Morgan fingerprint density at radius 2 is 2.00 bits per heavy atom. The lowest BCUT2D eigenvalue weighted by Crippen LogP contribution is -2.62. The molecule has 1 aromatic carbocycles. The van der Waals surface area contributed by atoms with Crippen molar-refractivity contribution in [3.8, 4) is 5.75 Å². The molecule has 0 aromatic heterocycles. The third kappa shape index (κ3) is 3.67. The highest BCUT2D eigenvalue weighted by atomic mass is 16.4. The minimum Gasteiger partial charge on any atom is -0.508 e. The fraction of sp³-hybridized carbons (Fsp3) is 0.696. The van der Waals surface area contributed by atoms with Gasteiger partial charge in [-0.2, -0.15) is 0 Å². The highest BCUT2D eigenvalue weighted by molar-refractivity contribution is 5.69. The number of aryl methyl sites for hydroxylation is 1. The van der Waals surface area contributed by atoms with Gasteiger partial charge in [-0.1, -0.05) is 13.0 Å². The number of aliphatic carboxylic acids is 1. The third-order valence-corrected chi connectivity index (χ3v) is 7.60. The first kappa shape index (κ1) is 19.7. The lowest BCUT2D eigenvalue weighted by Gasteiger charge is -2.57. The average molecular weight is 387 g/mol.